The topological polar surface area (TPSA) is 54.3 Å². The summed E-state index contributed by atoms with van der Waals surface area (Å²) in [4.78, 5) is 26.1. The van der Waals surface area contributed by atoms with E-state index in [1.807, 2.05) is 21.9 Å². The second kappa shape index (κ2) is 7.80. The van der Waals surface area contributed by atoms with E-state index in [1.54, 1.807) is 12.5 Å². The van der Waals surface area contributed by atoms with Gasteiger partial charge in [-0.3, -0.25) is 9.78 Å². The van der Waals surface area contributed by atoms with Gasteiger partial charge in [0.05, 0.1) is 6.33 Å². The van der Waals surface area contributed by atoms with Crippen LogP contribution in [0.5, 0.6) is 0 Å². The minimum absolute atomic E-state index is 0.0594. The highest BCUT2D eigenvalue weighted by atomic mass is 16.2. The maximum Gasteiger partial charge on any atom is 0.242 e. The lowest BCUT2D eigenvalue weighted by Gasteiger charge is -2.43. The van der Waals surface area contributed by atoms with Crippen molar-refractivity contribution >= 4 is 5.91 Å². The molecule has 0 bridgehead atoms. The molecule has 0 N–H and O–H groups in total. The quantitative estimate of drug-likeness (QED) is 0.813. The van der Waals surface area contributed by atoms with E-state index in [1.165, 1.54) is 37.2 Å². The van der Waals surface area contributed by atoms with Crippen LogP contribution < -0.4 is 0 Å². The number of amides is 1. The van der Waals surface area contributed by atoms with Crippen LogP contribution in [0.15, 0.2) is 37.1 Å². The highest BCUT2D eigenvalue weighted by molar-refractivity contribution is 5.76. The third-order valence-electron chi connectivity index (χ3n) is 6.13. The van der Waals surface area contributed by atoms with E-state index in [0.29, 0.717) is 6.54 Å². The summed E-state index contributed by atoms with van der Waals surface area (Å²) in [6.07, 6.45) is 11.8. The third-order valence-corrected chi connectivity index (χ3v) is 6.13. The summed E-state index contributed by atoms with van der Waals surface area (Å²) in [5.41, 5.74) is 2.45. The van der Waals surface area contributed by atoms with Crippen LogP contribution in [0.1, 0.15) is 36.9 Å². The molecule has 2 saturated heterocycles. The van der Waals surface area contributed by atoms with Crippen molar-refractivity contribution in [2.75, 3.05) is 32.7 Å². The van der Waals surface area contributed by atoms with Gasteiger partial charge in [0.2, 0.25) is 5.91 Å². The van der Waals surface area contributed by atoms with Gasteiger partial charge < -0.3 is 14.4 Å². The summed E-state index contributed by atoms with van der Waals surface area (Å²) in [7, 11) is 0. The number of nitrogens with zero attached hydrogens (tertiary/aromatic N) is 5. The first kappa shape index (κ1) is 18.2. The molecular weight excluding hydrogens is 338 g/mol. The fraction of sp³-hybridized carbons (Fsp3) is 0.571. The SMILES string of the molecule is Cc1ccc(C2(CN3CCCC3)CCN(C(=O)Cn3ccnc3)CC2)nc1. The summed E-state index contributed by atoms with van der Waals surface area (Å²) in [6.45, 7) is 7.51. The largest absolute Gasteiger partial charge is 0.341 e. The molecule has 2 aliphatic rings. The third kappa shape index (κ3) is 4.05. The standard InChI is InChI=1S/C21H29N5O/c1-18-4-5-19(23-14-18)21(16-24-9-2-3-10-24)6-11-26(12-7-21)20(27)15-25-13-8-22-17-25/h4-5,8,13-14,17H,2-3,6-7,9-12,15-16H2,1H3. The lowest BCUT2D eigenvalue weighted by atomic mass is 9.74. The number of likely N-dealkylation sites (tertiary alicyclic amines) is 2. The molecule has 4 heterocycles. The zero-order chi connectivity index (χ0) is 18.7. The van der Waals surface area contributed by atoms with Crippen molar-refractivity contribution in [2.24, 2.45) is 0 Å². The second-order valence-electron chi connectivity index (χ2n) is 8.10. The molecule has 144 valence electrons. The van der Waals surface area contributed by atoms with Gasteiger partial charge in [-0.15, -0.1) is 0 Å². The first-order valence-corrected chi connectivity index (χ1v) is 10.0. The number of imidazole rings is 1. The van der Waals surface area contributed by atoms with Crippen molar-refractivity contribution in [3.05, 3.63) is 48.3 Å². The number of hydrogen-bond donors (Lipinski definition) is 0. The summed E-state index contributed by atoms with van der Waals surface area (Å²) in [6, 6.07) is 4.37. The second-order valence-corrected chi connectivity index (χ2v) is 8.10. The van der Waals surface area contributed by atoms with Crippen LogP contribution >= 0.6 is 0 Å². The van der Waals surface area contributed by atoms with Gasteiger partial charge in [-0.1, -0.05) is 6.07 Å². The molecule has 0 aliphatic carbocycles. The molecule has 27 heavy (non-hydrogen) atoms. The van der Waals surface area contributed by atoms with E-state index in [0.717, 1.165) is 32.5 Å². The van der Waals surface area contributed by atoms with E-state index in [9.17, 15) is 4.79 Å². The molecule has 0 saturated carbocycles. The maximum atomic E-state index is 12.7. The molecule has 6 heteroatoms. The fourth-order valence-corrected chi connectivity index (χ4v) is 4.47. The first-order valence-electron chi connectivity index (χ1n) is 10.0. The number of aromatic nitrogens is 3. The molecule has 0 spiro atoms. The Balaban J connectivity index is 1.47. The number of carbonyl (C=O) groups excluding carboxylic acids is 1. The molecular formula is C21H29N5O. The Bertz CT molecular complexity index is 741. The average Bonchev–Trinajstić information content (AvgIpc) is 3.37. The van der Waals surface area contributed by atoms with Crippen LogP contribution in [-0.2, 0) is 16.8 Å². The minimum atomic E-state index is 0.0594. The van der Waals surface area contributed by atoms with Crippen molar-refractivity contribution < 1.29 is 4.79 Å². The highest BCUT2D eigenvalue weighted by Gasteiger charge is 2.40. The van der Waals surface area contributed by atoms with Crippen LogP contribution in [0.3, 0.4) is 0 Å². The molecule has 2 aliphatic heterocycles. The molecule has 2 fully saturated rings. The molecule has 2 aromatic rings. The van der Waals surface area contributed by atoms with E-state index in [-0.39, 0.29) is 11.3 Å². The monoisotopic (exact) mass is 367 g/mol. The van der Waals surface area contributed by atoms with Gasteiger partial charge in [-0.2, -0.15) is 0 Å². The fourth-order valence-electron chi connectivity index (χ4n) is 4.47. The zero-order valence-electron chi connectivity index (χ0n) is 16.2. The number of pyridine rings is 1. The van der Waals surface area contributed by atoms with Crippen LogP contribution in [0.2, 0.25) is 0 Å². The molecule has 0 atom stereocenters. The summed E-state index contributed by atoms with van der Waals surface area (Å²) in [5.74, 6) is 0.180. The smallest absolute Gasteiger partial charge is 0.242 e. The number of carbonyl (C=O) groups is 1. The van der Waals surface area contributed by atoms with Gasteiger partial charge >= 0.3 is 0 Å². The number of rotatable bonds is 5. The summed E-state index contributed by atoms with van der Waals surface area (Å²) < 4.78 is 1.84. The lowest BCUT2D eigenvalue weighted by molar-refractivity contribution is -0.133. The van der Waals surface area contributed by atoms with Gasteiger partial charge in [0.15, 0.2) is 0 Å². The Morgan fingerprint density at radius 3 is 2.56 bits per heavy atom. The van der Waals surface area contributed by atoms with Crippen LogP contribution in [0.4, 0.5) is 0 Å². The van der Waals surface area contributed by atoms with Gasteiger partial charge in [0, 0.05) is 49.3 Å². The normalized spacial score (nSPS) is 20.1. The average molecular weight is 367 g/mol. The Morgan fingerprint density at radius 1 is 1.15 bits per heavy atom. The number of aryl methyl sites for hydroxylation is 1. The van der Waals surface area contributed by atoms with E-state index in [4.69, 9.17) is 4.98 Å². The van der Waals surface area contributed by atoms with Crippen molar-refractivity contribution in [1.82, 2.24) is 24.3 Å². The molecule has 1 amide bonds. The zero-order valence-corrected chi connectivity index (χ0v) is 16.2. The van der Waals surface area contributed by atoms with Crippen molar-refractivity contribution in [1.29, 1.82) is 0 Å². The minimum Gasteiger partial charge on any atom is -0.341 e. The van der Waals surface area contributed by atoms with Crippen LogP contribution in [0, 0.1) is 6.92 Å². The first-order chi connectivity index (χ1) is 13.1. The Labute approximate surface area is 161 Å². The molecule has 0 aromatic carbocycles. The number of piperidine rings is 1. The van der Waals surface area contributed by atoms with Crippen molar-refractivity contribution in [3.63, 3.8) is 0 Å². The number of hydrogen-bond acceptors (Lipinski definition) is 4. The van der Waals surface area contributed by atoms with Crippen molar-refractivity contribution in [3.8, 4) is 0 Å². The molecule has 0 radical (unpaired) electrons. The Hall–Kier alpha value is -2.21. The van der Waals surface area contributed by atoms with E-state index < -0.39 is 0 Å². The Kier molecular flexibility index (Phi) is 5.25. The molecule has 2 aromatic heterocycles. The maximum absolute atomic E-state index is 12.7. The van der Waals surface area contributed by atoms with Gasteiger partial charge in [0.1, 0.15) is 6.54 Å². The molecule has 0 unspecified atom stereocenters. The summed E-state index contributed by atoms with van der Waals surface area (Å²) >= 11 is 0. The molecule has 6 nitrogen and oxygen atoms in total. The predicted octanol–water partition coefficient (Wildman–Crippen LogP) is 2.24. The lowest BCUT2D eigenvalue weighted by Crippen LogP contribution is -2.50. The van der Waals surface area contributed by atoms with E-state index >= 15 is 0 Å². The predicted molar refractivity (Wildman–Crippen MR) is 104 cm³/mol. The van der Waals surface area contributed by atoms with Gasteiger partial charge in [0.25, 0.3) is 0 Å². The highest BCUT2D eigenvalue weighted by Crippen LogP contribution is 2.36. The van der Waals surface area contributed by atoms with Crippen LogP contribution in [0.25, 0.3) is 0 Å². The summed E-state index contributed by atoms with van der Waals surface area (Å²) in [5, 5.41) is 0. The molecule has 4 rings (SSSR count). The Morgan fingerprint density at radius 2 is 1.93 bits per heavy atom. The van der Waals surface area contributed by atoms with Crippen molar-refractivity contribution in [2.45, 2.75) is 44.6 Å². The van der Waals surface area contributed by atoms with Gasteiger partial charge in [-0.05, 0) is 57.3 Å². The van der Waals surface area contributed by atoms with E-state index in [2.05, 4.69) is 28.9 Å². The van der Waals surface area contributed by atoms with Gasteiger partial charge in [-0.25, -0.2) is 4.98 Å². The van der Waals surface area contributed by atoms with Crippen LogP contribution in [-0.4, -0.2) is 63.0 Å².